The molecule has 0 saturated carbocycles. The van der Waals surface area contributed by atoms with Crippen LogP contribution in [0.3, 0.4) is 0 Å². The van der Waals surface area contributed by atoms with Gasteiger partial charge in [-0.1, -0.05) is 35.9 Å². The Labute approximate surface area is 152 Å². The van der Waals surface area contributed by atoms with Gasteiger partial charge in [0.25, 0.3) is 0 Å². The first-order chi connectivity index (χ1) is 11.9. The summed E-state index contributed by atoms with van der Waals surface area (Å²) >= 11 is 6.07. The van der Waals surface area contributed by atoms with Crippen molar-refractivity contribution in [2.45, 2.75) is 30.3 Å². The van der Waals surface area contributed by atoms with Gasteiger partial charge in [-0.15, -0.1) is 0 Å². The number of benzene rings is 2. The molecule has 1 saturated heterocycles. The molecule has 1 aliphatic rings. The number of rotatable bonds is 5. The topological polar surface area (TPSA) is 49.4 Å². The molecule has 0 unspecified atom stereocenters. The van der Waals surface area contributed by atoms with E-state index in [1.807, 2.05) is 0 Å². The van der Waals surface area contributed by atoms with E-state index in [0.717, 1.165) is 31.5 Å². The lowest BCUT2D eigenvalue weighted by Gasteiger charge is -2.32. The Morgan fingerprint density at radius 3 is 2.44 bits per heavy atom. The molecule has 2 aromatic carbocycles. The Kier molecular flexibility index (Phi) is 5.74. The molecule has 1 fully saturated rings. The molecule has 0 amide bonds. The van der Waals surface area contributed by atoms with Crippen LogP contribution in [0.4, 0.5) is 4.39 Å². The highest BCUT2D eigenvalue weighted by Crippen LogP contribution is 2.22. The van der Waals surface area contributed by atoms with Gasteiger partial charge in [0, 0.05) is 30.7 Å². The van der Waals surface area contributed by atoms with E-state index in [4.69, 9.17) is 11.6 Å². The highest BCUT2D eigenvalue weighted by molar-refractivity contribution is 7.89. The van der Waals surface area contributed by atoms with E-state index in [2.05, 4.69) is 9.62 Å². The molecule has 3 rings (SSSR count). The summed E-state index contributed by atoms with van der Waals surface area (Å²) in [5, 5.41) is 0.423. The largest absolute Gasteiger partial charge is 0.299 e. The van der Waals surface area contributed by atoms with Crippen LogP contribution in [-0.2, 0) is 16.6 Å². The van der Waals surface area contributed by atoms with Crippen molar-refractivity contribution in [3.05, 3.63) is 64.9 Å². The number of nitrogens with zero attached hydrogens (tertiary/aromatic N) is 1. The fraction of sp³-hybridized carbons (Fsp3) is 0.333. The second-order valence-corrected chi connectivity index (χ2v) is 8.34. The van der Waals surface area contributed by atoms with Crippen LogP contribution in [-0.4, -0.2) is 32.4 Å². The van der Waals surface area contributed by atoms with Crippen LogP contribution in [0.5, 0.6) is 0 Å². The minimum atomic E-state index is -3.48. The van der Waals surface area contributed by atoms with Crippen LogP contribution in [0.1, 0.15) is 18.4 Å². The molecule has 0 bridgehead atoms. The van der Waals surface area contributed by atoms with Crippen LogP contribution >= 0.6 is 11.6 Å². The van der Waals surface area contributed by atoms with Crippen LogP contribution in [0.2, 0.25) is 5.02 Å². The molecule has 134 valence electrons. The number of hydrogen-bond donors (Lipinski definition) is 1. The lowest BCUT2D eigenvalue weighted by atomic mass is 10.1. The Hall–Kier alpha value is -1.47. The average Bonchev–Trinajstić information content (AvgIpc) is 2.59. The molecule has 0 aromatic heterocycles. The molecule has 0 atom stereocenters. The number of hydrogen-bond acceptors (Lipinski definition) is 3. The van der Waals surface area contributed by atoms with Crippen LogP contribution in [0.15, 0.2) is 53.4 Å². The minimum absolute atomic E-state index is 0.0786. The quantitative estimate of drug-likeness (QED) is 0.862. The first-order valence-corrected chi connectivity index (χ1v) is 10.0. The molecule has 0 spiro atoms. The summed E-state index contributed by atoms with van der Waals surface area (Å²) in [6, 6.07) is 12.7. The zero-order chi connectivity index (χ0) is 17.9. The van der Waals surface area contributed by atoms with Gasteiger partial charge < -0.3 is 0 Å². The first kappa shape index (κ1) is 18.3. The van der Waals surface area contributed by atoms with Gasteiger partial charge in [-0.25, -0.2) is 17.5 Å². The minimum Gasteiger partial charge on any atom is -0.299 e. The number of nitrogens with one attached hydrogen (secondary N) is 1. The van der Waals surface area contributed by atoms with Crippen molar-refractivity contribution in [2.75, 3.05) is 13.1 Å². The lowest BCUT2D eigenvalue weighted by molar-refractivity contribution is 0.200. The molecule has 1 aliphatic heterocycles. The third-order valence-electron chi connectivity index (χ3n) is 4.37. The van der Waals surface area contributed by atoms with Crippen molar-refractivity contribution in [3.8, 4) is 0 Å². The molecular formula is C18H20ClFN2O2S. The van der Waals surface area contributed by atoms with Gasteiger partial charge in [0.1, 0.15) is 5.82 Å². The summed E-state index contributed by atoms with van der Waals surface area (Å²) in [6.45, 7) is 2.16. The molecule has 2 aromatic rings. The maximum atomic E-state index is 13.1. The maximum Gasteiger partial charge on any atom is 0.240 e. The Morgan fingerprint density at radius 1 is 1.12 bits per heavy atom. The van der Waals surface area contributed by atoms with Crippen LogP contribution < -0.4 is 4.72 Å². The molecule has 25 heavy (non-hydrogen) atoms. The fourth-order valence-corrected chi connectivity index (χ4v) is 4.54. The number of sulfonamides is 1. The number of halogens is 2. The molecule has 7 heteroatoms. The smallest absolute Gasteiger partial charge is 0.240 e. The highest BCUT2D eigenvalue weighted by atomic mass is 35.5. The molecule has 0 aliphatic carbocycles. The van der Waals surface area contributed by atoms with Gasteiger partial charge >= 0.3 is 0 Å². The van der Waals surface area contributed by atoms with E-state index in [9.17, 15) is 12.8 Å². The summed E-state index contributed by atoms with van der Waals surface area (Å²) in [5.74, 6) is -0.345. The molecular weight excluding hydrogens is 363 g/mol. The summed E-state index contributed by atoms with van der Waals surface area (Å²) in [7, 11) is -3.48. The monoisotopic (exact) mass is 382 g/mol. The Bertz CT molecular complexity index is 822. The second kappa shape index (κ2) is 7.83. The zero-order valence-electron chi connectivity index (χ0n) is 13.7. The van der Waals surface area contributed by atoms with E-state index in [1.54, 1.807) is 36.4 Å². The third-order valence-corrected chi connectivity index (χ3v) is 6.26. The zero-order valence-corrected chi connectivity index (χ0v) is 15.2. The van der Waals surface area contributed by atoms with Gasteiger partial charge in [0.2, 0.25) is 10.0 Å². The number of likely N-dealkylation sites (tertiary alicyclic amines) is 1. The molecule has 1 N–H and O–H groups in total. The molecule has 4 nitrogen and oxygen atoms in total. The molecule has 1 heterocycles. The number of piperidine rings is 1. The standard InChI is InChI=1S/C18H20ClFN2O2S/c19-18-12-15(20)7-6-14(18)13-22-10-8-16(9-11-22)21-25(23,24)17-4-2-1-3-5-17/h1-7,12,16,21H,8-11,13H2. The van der Waals surface area contributed by atoms with E-state index in [1.165, 1.54) is 12.1 Å². The van der Waals surface area contributed by atoms with Crippen molar-refractivity contribution in [1.29, 1.82) is 0 Å². The van der Waals surface area contributed by atoms with Crippen LogP contribution in [0.25, 0.3) is 0 Å². The van der Waals surface area contributed by atoms with Gasteiger partial charge in [-0.2, -0.15) is 0 Å². The SMILES string of the molecule is O=S(=O)(NC1CCN(Cc2ccc(F)cc2Cl)CC1)c1ccccc1. The van der Waals surface area contributed by atoms with Gasteiger partial charge in [-0.05, 0) is 42.7 Å². The van der Waals surface area contributed by atoms with E-state index >= 15 is 0 Å². The van der Waals surface area contributed by atoms with Crippen molar-refractivity contribution < 1.29 is 12.8 Å². The Balaban J connectivity index is 1.55. The maximum absolute atomic E-state index is 13.1. The van der Waals surface area contributed by atoms with Gasteiger partial charge in [0.15, 0.2) is 0 Å². The predicted molar refractivity (Wildman–Crippen MR) is 96.5 cm³/mol. The van der Waals surface area contributed by atoms with Crippen molar-refractivity contribution >= 4 is 21.6 Å². The van der Waals surface area contributed by atoms with Crippen molar-refractivity contribution in [3.63, 3.8) is 0 Å². The van der Waals surface area contributed by atoms with Gasteiger partial charge in [0.05, 0.1) is 4.90 Å². The second-order valence-electron chi connectivity index (χ2n) is 6.22. The summed E-state index contributed by atoms with van der Waals surface area (Å²) in [6.07, 6.45) is 1.45. The van der Waals surface area contributed by atoms with Crippen LogP contribution in [0, 0.1) is 5.82 Å². The highest BCUT2D eigenvalue weighted by Gasteiger charge is 2.24. The van der Waals surface area contributed by atoms with Gasteiger partial charge in [-0.3, -0.25) is 4.90 Å². The van der Waals surface area contributed by atoms with Crippen molar-refractivity contribution in [1.82, 2.24) is 9.62 Å². The summed E-state index contributed by atoms with van der Waals surface area (Å²) < 4.78 is 40.6. The van der Waals surface area contributed by atoms with E-state index in [-0.39, 0.29) is 16.8 Å². The van der Waals surface area contributed by atoms with E-state index in [0.29, 0.717) is 11.6 Å². The predicted octanol–water partition coefficient (Wildman–Crippen LogP) is 3.42. The lowest BCUT2D eigenvalue weighted by Crippen LogP contribution is -2.44. The normalized spacial score (nSPS) is 16.9. The van der Waals surface area contributed by atoms with Crippen molar-refractivity contribution in [2.24, 2.45) is 0 Å². The fourth-order valence-electron chi connectivity index (χ4n) is 2.99. The summed E-state index contributed by atoms with van der Waals surface area (Å²) in [5.41, 5.74) is 0.881. The first-order valence-electron chi connectivity index (χ1n) is 8.18. The summed E-state index contributed by atoms with van der Waals surface area (Å²) in [4.78, 5) is 2.49. The average molecular weight is 383 g/mol. The van der Waals surface area contributed by atoms with E-state index < -0.39 is 10.0 Å². The third kappa shape index (κ3) is 4.79. The Morgan fingerprint density at radius 2 is 1.80 bits per heavy atom. The molecule has 0 radical (unpaired) electrons.